The summed E-state index contributed by atoms with van der Waals surface area (Å²) in [6.45, 7) is 3.81. The number of carbonyl (C=O) groups is 2. The molecule has 148 valence electrons. The molecule has 2 aromatic rings. The summed E-state index contributed by atoms with van der Waals surface area (Å²) in [7, 11) is 0. The van der Waals surface area contributed by atoms with E-state index in [0.717, 1.165) is 5.56 Å². The second-order valence-electron chi connectivity index (χ2n) is 6.41. The van der Waals surface area contributed by atoms with Gasteiger partial charge in [0.05, 0.1) is 6.61 Å². The summed E-state index contributed by atoms with van der Waals surface area (Å²) in [6.07, 6.45) is 6.06. The first-order valence-corrected chi connectivity index (χ1v) is 9.34. The molecule has 9 heteroatoms. The minimum absolute atomic E-state index is 0.00127. The number of pyridine rings is 1. The van der Waals surface area contributed by atoms with Gasteiger partial charge in [-0.1, -0.05) is 0 Å². The van der Waals surface area contributed by atoms with Crippen LogP contribution in [0.15, 0.2) is 36.8 Å². The lowest BCUT2D eigenvalue weighted by molar-refractivity contribution is 0.0856. The molecule has 9 nitrogen and oxygen atoms in total. The zero-order valence-electron chi connectivity index (χ0n) is 15.8. The normalized spacial score (nSPS) is 14.4. The first kappa shape index (κ1) is 19.5. The second-order valence-corrected chi connectivity index (χ2v) is 6.41. The van der Waals surface area contributed by atoms with E-state index < -0.39 is 0 Å². The van der Waals surface area contributed by atoms with Gasteiger partial charge in [0.25, 0.3) is 5.91 Å². The molecule has 1 aliphatic rings. The van der Waals surface area contributed by atoms with E-state index in [1.807, 2.05) is 12.1 Å². The van der Waals surface area contributed by atoms with Crippen LogP contribution in [-0.4, -0.2) is 57.6 Å². The summed E-state index contributed by atoms with van der Waals surface area (Å²) >= 11 is 0. The molecule has 0 atom stereocenters. The van der Waals surface area contributed by atoms with E-state index in [2.05, 4.69) is 25.6 Å². The number of anilines is 1. The molecular formula is C19H24N6O3. The zero-order chi connectivity index (χ0) is 19.8. The summed E-state index contributed by atoms with van der Waals surface area (Å²) in [5.41, 5.74) is 1.35. The largest absolute Gasteiger partial charge is 0.450 e. The molecule has 0 saturated carbocycles. The topological polar surface area (TPSA) is 109 Å². The smallest absolute Gasteiger partial charge is 0.409 e. The number of nitrogens with one attached hydrogen (secondary N) is 2. The van der Waals surface area contributed by atoms with Crippen LogP contribution >= 0.6 is 0 Å². The van der Waals surface area contributed by atoms with E-state index in [1.165, 1.54) is 0 Å². The van der Waals surface area contributed by atoms with Crippen LogP contribution in [0.25, 0.3) is 0 Å². The Balaban J connectivity index is 1.50. The number of ether oxygens (including phenoxy) is 1. The molecule has 0 aromatic carbocycles. The summed E-state index contributed by atoms with van der Waals surface area (Å²) in [6, 6.07) is 5.38. The van der Waals surface area contributed by atoms with E-state index in [-0.39, 0.29) is 18.0 Å². The highest BCUT2D eigenvalue weighted by Gasteiger charge is 2.25. The van der Waals surface area contributed by atoms with E-state index >= 15 is 0 Å². The van der Waals surface area contributed by atoms with Crippen molar-refractivity contribution in [3.8, 4) is 0 Å². The van der Waals surface area contributed by atoms with Gasteiger partial charge in [0, 0.05) is 44.3 Å². The van der Waals surface area contributed by atoms with Crippen LogP contribution in [0.2, 0.25) is 0 Å². The number of aromatic nitrogens is 3. The van der Waals surface area contributed by atoms with Crippen LogP contribution in [0.5, 0.6) is 0 Å². The van der Waals surface area contributed by atoms with Crippen LogP contribution in [0.3, 0.4) is 0 Å². The summed E-state index contributed by atoms with van der Waals surface area (Å²) in [4.78, 5) is 38.3. The van der Waals surface area contributed by atoms with E-state index in [1.54, 1.807) is 36.5 Å². The molecule has 0 unspecified atom stereocenters. The maximum atomic E-state index is 12.5. The van der Waals surface area contributed by atoms with Crippen molar-refractivity contribution in [3.63, 3.8) is 0 Å². The molecule has 2 aromatic heterocycles. The fourth-order valence-electron chi connectivity index (χ4n) is 2.93. The lowest BCUT2D eigenvalue weighted by Gasteiger charge is -2.31. The first-order chi connectivity index (χ1) is 13.7. The van der Waals surface area contributed by atoms with E-state index in [9.17, 15) is 9.59 Å². The molecule has 2 N–H and O–H groups in total. The molecule has 0 radical (unpaired) electrons. The minimum Gasteiger partial charge on any atom is -0.450 e. The van der Waals surface area contributed by atoms with E-state index in [0.29, 0.717) is 50.7 Å². The van der Waals surface area contributed by atoms with Gasteiger partial charge < -0.3 is 20.3 Å². The standard InChI is InChI=1S/C19H24N6O3/c1-2-28-19(27)25-11-6-15(7-12-25)23-17(26)16-5-10-21-18(24-16)22-13-14-3-8-20-9-4-14/h3-5,8-10,15H,2,6-7,11-13H2,1H3,(H,23,26)(H,21,22,24). The number of hydrogen-bond donors (Lipinski definition) is 2. The van der Waals surface area contributed by atoms with Crippen molar-refractivity contribution in [2.75, 3.05) is 25.0 Å². The van der Waals surface area contributed by atoms with Gasteiger partial charge in [-0.15, -0.1) is 0 Å². The molecule has 0 aliphatic carbocycles. The van der Waals surface area contributed by atoms with Gasteiger partial charge in [0.2, 0.25) is 5.95 Å². The Kier molecular flexibility index (Phi) is 6.72. The maximum Gasteiger partial charge on any atom is 0.409 e. The van der Waals surface area contributed by atoms with Crippen LogP contribution < -0.4 is 10.6 Å². The maximum absolute atomic E-state index is 12.5. The predicted octanol–water partition coefficient (Wildman–Crippen LogP) is 1.83. The Morgan fingerprint density at radius 1 is 1.18 bits per heavy atom. The summed E-state index contributed by atoms with van der Waals surface area (Å²) < 4.78 is 5.01. The van der Waals surface area contributed by atoms with E-state index in [4.69, 9.17) is 4.74 Å². The number of carbonyl (C=O) groups excluding carboxylic acids is 2. The number of nitrogens with zero attached hydrogens (tertiary/aromatic N) is 4. The van der Waals surface area contributed by atoms with Crippen LogP contribution in [-0.2, 0) is 11.3 Å². The third-order valence-corrected chi connectivity index (χ3v) is 4.44. The summed E-state index contributed by atoms with van der Waals surface area (Å²) in [5.74, 6) is 0.144. The Labute approximate surface area is 163 Å². The number of hydrogen-bond acceptors (Lipinski definition) is 7. The van der Waals surface area contributed by atoms with Gasteiger partial charge in [-0.05, 0) is 43.5 Å². The number of piperidine rings is 1. The van der Waals surface area contributed by atoms with Crippen molar-refractivity contribution in [3.05, 3.63) is 48.0 Å². The average Bonchev–Trinajstić information content (AvgIpc) is 2.74. The van der Waals surface area contributed by atoms with Crippen LogP contribution in [0.4, 0.5) is 10.7 Å². The first-order valence-electron chi connectivity index (χ1n) is 9.34. The van der Waals surface area contributed by atoms with Gasteiger partial charge in [0.15, 0.2) is 0 Å². The highest BCUT2D eigenvalue weighted by molar-refractivity contribution is 5.92. The Hall–Kier alpha value is -3.23. The molecule has 1 saturated heterocycles. The molecule has 0 spiro atoms. The van der Waals surface area contributed by atoms with Gasteiger partial charge in [-0.25, -0.2) is 14.8 Å². The third kappa shape index (κ3) is 5.38. The zero-order valence-corrected chi connectivity index (χ0v) is 15.8. The number of rotatable bonds is 6. The van der Waals surface area contributed by atoms with Crippen molar-refractivity contribution in [1.29, 1.82) is 0 Å². The molecule has 0 bridgehead atoms. The van der Waals surface area contributed by atoms with Crippen molar-refractivity contribution >= 4 is 17.9 Å². The highest BCUT2D eigenvalue weighted by atomic mass is 16.6. The Morgan fingerprint density at radius 2 is 1.93 bits per heavy atom. The lowest BCUT2D eigenvalue weighted by Crippen LogP contribution is -2.46. The fraction of sp³-hybridized carbons (Fsp3) is 0.421. The molecular weight excluding hydrogens is 360 g/mol. The summed E-state index contributed by atoms with van der Waals surface area (Å²) in [5, 5.41) is 6.09. The van der Waals surface area contributed by atoms with Gasteiger partial charge in [0.1, 0.15) is 5.69 Å². The number of likely N-dealkylation sites (tertiary alicyclic amines) is 1. The van der Waals surface area contributed by atoms with Gasteiger partial charge in [-0.3, -0.25) is 9.78 Å². The third-order valence-electron chi connectivity index (χ3n) is 4.44. The quantitative estimate of drug-likeness (QED) is 0.782. The number of amides is 2. The fourth-order valence-corrected chi connectivity index (χ4v) is 2.93. The molecule has 28 heavy (non-hydrogen) atoms. The molecule has 3 heterocycles. The van der Waals surface area contributed by atoms with Crippen LogP contribution in [0.1, 0.15) is 35.8 Å². The predicted molar refractivity (Wildman–Crippen MR) is 103 cm³/mol. The molecule has 1 aliphatic heterocycles. The van der Waals surface area contributed by atoms with Crippen molar-refractivity contribution in [2.24, 2.45) is 0 Å². The van der Waals surface area contributed by atoms with Gasteiger partial charge in [-0.2, -0.15) is 0 Å². The Morgan fingerprint density at radius 3 is 2.64 bits per heavy atom. The van der Waals surface area contributed by atoms with Crippen molar-refractivity contribution < 1.29 is 14.3 Å². The SMILES string of the molecule is CCOC(=O)N1CCC(NC(=O)c2ccnc(NCc3ccncc3)n2)CC1. The van der Waals surface area contributed by atoms with Gasteiger partial charge >= 0.3 is 6.09 Å². The average molecular weight is 384 g/mol. The lowest BCUT2D eigenvalue weighted by atomic mass is 10.1. The molecule has 3 rings (SSSR count). The molecule has 1 fully saturated rings. The highest BCUT2D eigenvalue weighted by Crippen LogP contribution is 2.12. The van der Waals surface area contributed by atoms with Crippen molar-refractivity contribution in [1.82, 2.24) is 25.2 Å². The van der Waals surface area contributed by atoms with Crippen molar-refractivity contribution in [2.45, 2.75) is 32.4 Å². The monoisotopic (exact) mass is 384 g/mol. The molecule has 2 amide bonds. The van der Waals surface area contributed by atoms with Crippen LogP contribution in [0, 0.1) is 0 Å². The minimum atomic E-state index is -0.298. The Bertz CT molecular complexity index is 793. The second kappa shape index (κ2) is 9.63.